The van der Waals surface area contributed by atoms with Crippen LogP contribution in [-0.4, -0.2) is 37.7 Å². The molecule has 0 unspecified atom stereocenters. The number of anilines is 2. The molecule has 1 rings (SSSR count). The third-order valence-corrected chi connectivity index (χ3v) is 2.97. The van der Waals surface area contributed by atoms with Gasteiger partial charge in [-0.15, -0.1) is 0 Å². The summed E-state index contributed by atoms with van der Waals surface area (Å²) in [7, 11) is 3.88. The molecule has 0 saturated heterocycles. The molecule has 6 heteroatoms. The van der Waals surface area contributed by atoms with Crippen LogP contribution in [0.5, 0.6) is 0 Å². The second-order valence-corrected chi connectivity index (χ2v) is 5.03. The van der Waals surface area contributed by atoms with Crippen molar-refractivity contribution < 1.29 is 14.7 Å². The first-order valence-corrected chi connectivity index (χ1v) is 7.03. The van der Waals surface area contributed by atoms with Gasteiger partial charge in [0.25, 0.3) is 0 Å². The fourth-order valence-corrected chi connectivity index (χ4v) is 1.82. The monoisotopic (exact) mass is 293 g/mol. The molecule has 0 atom stereocenters. The lowest BCUT2D eigenvalue weighted by molar-refractivity contribution is -0.137. The molecular weight excluding hydrogens is 270 g/mol. The van der Waals surface area contributed by atoms with Gasteiger partial charge in [0.15, 0.2) is 0 Å². The zero-order valence-corrected chi connectivity index (χ0v) is 12.6. The van der Waals surface area contributed by atoms with Gasteiger partial charge in [0.1, 0.15) is 0 Å². The van der Waals surface area contributed by atoms with Crippen LogP contribution in [0.4, 0.5) is 16.2 Å². The van der Waals surface area contributed by atoms with Crippen LogP contribution in [0, 0.1) is 0 Å². The molecule has 0 radical (unpaired) electrons. The summed E-state index contributed by atoms with van der Waals surface area (Å²) in [5, 5.41) is 14.0. The lowest BCUT2D eigenvalue weighted by atomic mass is 10.2. The van der Waals surface area contributed by atoms with E-state index < -0.39 is 5.97 Å². The van der Waals surface area contributed by atoms with Crippen molar-refractivity contribution in [1.82, 2.24) is 5.32 Å². The van der Waals surface area contributed by atoms with E-state index in [1.54, 1.807) is 0 Å². The number of amides is 2. The Bertz CT molecular complexity index is 475. The molecule has 21 heavy (non-hydrogen) atoms. The Kier molecular flexibility index (Phi) is 7.08. The van der Waals surface area contributed by atoms with Gasteiger partial charge in [-0.05, 0) is 31.0 Å². The third kappa shape index (κ3) is 7.20. The maximum absolute atomic E-state index is 11.7. The molecule has 0 spiro atoms. The normalized spacial score (nSPS) is 10.0. The molecule has 0 aromatic heterocycles. The standard InChI is InChI=1S/C15H23N3O3/c1-18(2)13-8-6-7-12(11-13)17-15(21)16-10-5-3-4-9-14(19)20/h6-8,11H,3-5,9-10H2,1-2H3,(H,19,20)(H2,16,17,21). The van der Waals surface area contributed by atoms with Gasteiger partial charge in [0, 0.05) is 38.4 Å². The summed E-state index contributed by atoms with van der Waals surface area (Å²) in [4.78, 5) is 24.0. The number of urea groups is 1. The van der Waals surface area contributed by atoms with Gasteiger partial charge in [0.05, 0.1) is 0 Å². The highest BCUT2D eigenvalue weighted by Gasteiger charge is 2.03. The highest BCUT2D eigenvalue weighted by molar-refractivity contribution is 5.89. The number of rotatable bonds is 8. The van der Waals surface area contributed by atoms with Gasteiger partial charge in [-0.25, -0.2) is 4.79 Å². The summed E-state index contributed by atoms with van der Waals surface area (Å²) in [6, 6.07) is 7.33. The minimum atomic E-state index is -0.776. The Hall–Kier alpha value is -2.24. The molecule has 1 aromatic carbocycles. The molecule has 0 bridgehead atoms. The molecule has 2 amide bonds. The van der Waals surface area contributed by atoms with E-state index in [4.69, 9.17) is 5.11 Å². The SMILES string of the molecule is CN(C)c1cccc(NC(=O)NCCCCCC(=O)O)c1. The van der Waals surface area contributed by atoms with Crippen LogP contribution < -0.4 is 15.5 Å². The number of carbonyl (C=O) groups is 2. The molecular formula is C15H23N3O3. The fraction of sp³-hybridized carbons (Fsp3) is 0.467. The Balaban J connectivity index is 2.24. The lowest BCUT2D eigenvalue weighted by Crippen LogP contribution is -2.29. The van der Waals surface area contributed by atoms with Crippen LogP contribution in [0.25, 0.3) is 0 Å². The van der Waals surface area contributed by atoms with Crippen molar-refractivity contribution >= 4 is 23.4 Å². The minimum absolute atomic E-state index is 0.184. The quantitative estimate of drug-likeness (QED) is 0.643. The number of hydrogen-bond acceptors (Lipinski definition) is 3. The summed E-state index contributed by atoms with van der Waals surface area (Å²) >= 11 is 0. The Morgan fingerprint density at radius 3 is 2.62 bits per heavy atom. The number of carbonyl (C=O) groups excluding carboxylic acids is 1. The second-order valence-electron chi connectivity index (χ2n) is 5.03. The van der Waals surface area contributed by atoms with Crippen molar-refractivity contribution in [1.29, 1.82) is 0 Å². The summed E-state index contributed by atoms with van der Waals surface area (Å²) in [5.74, 6) is -0.776. The maximum atomic E-state index is 11.7. The summed E-state index contributed by atoms with van der Waals surface area (Å²) in [6.45, 7) is 0.540. The van der Waals surface area contributed by atoms with E-state index in [2.05, 4.69) is 10.6 Å². The Morgan fingerprint density at radius 1 is 1.19 bits per heavy atom. The molecule has 116 valence electrons. The van der Waals surface area contributed by atoms with E-state index >= 15 is 0 Å². The predicted octanol–water partition coefficient (Wildman–Crippen LogP) is 2.52. The summed E-state index contributed by atoms with van der Waals surface area (Å²) in [6.07, 6.45) is 2.40. The Labute approximate surface area is 125 Å². The van der Waals surface area contributed by atoms with Crippen LogP contribution >= 0.6 is 0 Å². The average molecular weight is 293 g/mol. The number of nitrogens with one attached hydrogen (secondary N) is 2. The molecule has 0 heterocycles. The van der Waals surface area contributed by atoms with Crippen molar-refractivity contribution in [2.24, 2.45) is 0 Å². The van der Waals surface area contributed by atoms with Crippen LogP contribution in [0.2, 0.25) is 0 Å². The van der Waals surface area contributed by atoms with Crippen LogP contribution in [0.15, 0.2) is 24.3 Å². The zero-order valence-electron chi connectivity index (χ0n) is 12.6. The predicted molar refractivity (Wildman–Crippen MR) is 83.9 cm³/mol. The number of carboxylic acid groups (broad SMARTS) is 1. The first kappa shape index (κ1) is 16.8. The zero-order chi connectivity index (χ0) is 15.7. The van der Waals surface area contributed by atoms with Crippen LogP contribution in [0.1, 0.15) is 25.7 Å². The minimum Gasteiger partial charge on any atom is -0.481 e. The van der Waals surface area contributed by atoms with Crippen molar-refractivity contribution in [3.05, 3.63) is 24.3 Å². The van der Waals surface area contributed by atoms with Crippen molar-refractivity contribution in [3.8, 4) is 0 Å². The van der Waals surface area contributed by atoms with Crippen molar-refractivity contribution in [3.63, 3.8) is 0 Å². The third-order valence-electron chi connectivity index (χ3n) is 2.97. The summed E-state index contributed by atoms with van der Waals surface area (Å²) in [5.41, 5.74) is 1.76. The first-order chi connectivity index (χ1) is 9.99. The molecule has 0 saturated carbocycles. The van der Waals surface area contributed by atoms with E-state index in [0.717, 1.165) is 24.2 Å². The lowest BCUT2D eigenvalue weighted by Gasteiger charge is -2.14. The van der Waals surface area contributed by atoms with Crippen molar-refractivity contribution in [2.45, 2.75) is 25.7 Å². The molecule has 0 aliphatic heterocycles. The number of carboxylic acids is 1. The van der Waals surface area contributed by atoms with Gasteiger partial charge >= 0.3 is 12.0 Å². The largest absolute Gasteiger partial charge is 0.481 e. The fourth-order valence-electron chi connectivity index (χ4n) is 1.82. The molecule has 0 aliphatic carbocycles. The molecule has 0 aliphatic rings. The van der Waals surface area contributed by atoms with Crippen molar-refractivity contribution in [2.75, 3.05) is 30.9 Å². The topological polar surface area (TPSA) is 81.7 Å². The highest BCUT2D eigenvalue weighted by Crippen LogP contribution is 2.16. The maximum Gasteiger partial charge on any atom is 0.319 e. The molecule has 1 aromatic rings. The van der Waals surface area contributed by atoms with Gasteiger partial charge in [-0.3, -0.25) is 4.79 Å². The highest BCUT2D eigenvalue weighted by atomic mass is 16.4. The Morgan fingerprint density at radius 2 is 1.95 bits per heavy atom. The van der Waals surface area contributed by atoms with Crippen LogP contribution in [-0.2, 0) is 4.79 Å². The smallest absolute Gasteiger partial charge is 0.319 e. The van der Waals surface area contributed by atoms with Crippen LogP contribution in [0.3, 0.4) is 0 Å². The molecule has 3 N–H and O–H groups in total. The van der Waals surface area contributed by atoms with Gasteiger partial charge in [0.2, 0.25) is 0 Å². The van der Waals surface area contributed by atoms with E-state index in [1.165, 1.54) is 0 Å². The molecule has 6 nitrogen and oxygen atoms in total. The van der Waals surface area contributed by atoms with Gasteiger partial charge < -0.3 is 20.6 Å². The van der Waals surface area contributed by atoms with Gasteiger partial charge in [-0.1, -0.05) is 12.5 Å². The number of benzene rings is 1. The summed E-state index contributed by atoms with van der Waals surface area (Å²) < 4.78 is 0. The number of unbranched alkanes of at least 4 members (excludes halogenated alkanes) is 2. The van der Waals surface area contributed by atoms with E-state index in [1.807, 2.05) is 43.3 Å². The van der Waals surface area contributed by atoms with E-state index in [-0.39, 0.29) is 12.5 Å². The second kappa shape index (κ2) is 8.84. The van der Waals surface area contributed by atoms with E-state index in [9.17, 15) is 9.59 Å². The van der Waals surface area contributed by atoms with Gasteiger partial charge in [-0.2, -0.15) is 0 Å². The average Bonchev–Trinajstić information content (AvgIpc) is 2.42. The molecule has 0 fully saturated rings. The number of hydrogen-bond donors (Lipinski definition) is 3. The number of aliphatic carboxylic acids is 1. The first-order valence-electron chi connectivity index (χ1n) is 7.03. The number of nitrogens with zero attached hydrogens (tertiary/aromatic N) is 1. The van der Waals surface area contributed by atoms with E-state index in [0.29, 0.717) is 13.0 Å².